The van der Waals surface area contributed by atoms with Crippen molar-refractivity contribution < 1.29 is 13.6 Å². The zero-order valence-corrected chi connectivity index (χ0v) is 14.5. The van der Waals surface area contributed by atoms with Crippen LogP contribution in [0.5, 0.6) is 0 Å². The number of rotatable bonds is 6. The molecule has 1 aromatic heterocycles. The molecule has 1 aliphatic heterocycles. The lowest BCUT2D eigenvalue weighted by atomic mass is 9.93. The van der Waals surface area contributed by atoms with Gasteiger partial charge in [0.25, 0.3) is 0 Å². The van der Waals surface area contributed by atoms with Crippen molar-refractivity contribution in [1.29, 1.82) is 0 Å². The number of hydrogen-bond acceptors (Lipinski definition) is 4. The predicted molar refractivity (Wildman–Crippen MR) is 94.4 cm³/mol. The molecule has 1 fully saturated rings. The summed E-state index contributed by atoms with van der Waals surface area (Å²) < 4.78 is 26.1. The summed E-state index contributed by atoms with van der Waals surface area (Å²) in [6, 6.07) is 3.65. The number of amides is 1. The fourth-order valence-electron chi connectivity index (χ4n) is 3.24. The van der Waals surface area contributed by atoms with Crippen LogP contribution in [0.2, 0.25) is 0 Å². The van der Waals surface area contributed by atoms with Crippen LogP contribution in [0, 0.1) is 17.6 Å². The Morgan fingerprint density at radius 1 is 1.27 bits per heavy atom. The van der Waals surface area contributed by atoms with Crippen molar-refractivity contribution >= 4 is 11.7 Å². The third kappa shape index (κ3) is 4.97. The van der Waals surface area contributed by atoms with Crippen LogP contribution >= 0.6 is 0 Å². The number of nitrogens with zero attached hydrogens (tertiary/aromatic N) is 3. The molecule has 1 atom stereocenters. The van der Waals surface area contributed by atoms with Crippen molar-refractivity contribution in [2.24, 2.45) is 5.92 Å². The first-order valence-corrected chi connectivity index (χ1v) is 8.83. The minimum absolute atomic E-state index is 0.0774. The number of nitrogens with one attached hydrogen (secondary N) is 1. The van der Waals surface area contributed by atoms with Crippen LogP contribution in [0.25, 0.3) is 0 Å². The molecule has 2 heterocycles. The van der Waals surface area contributed by atoms with E-state index in [1.165, 1.54) is 6.07 Å². The Hall–Kier alpha value is -2.57. The first-order chi connectivity index (χ1) is 12.6. The summed E-state index contributed by atoms with van der Waals surface area (Å²) in [5.41, 5.74) is 0.545. The fraction of sp³-hybridized carbons (Fsp3) is 0.421. The van der Waals surface area contributed by atoms with E-state index >= 15 is 0 Å². The van der Waals surface area contributed by atoms with E-state index in [9.17, 15) is 13.6 Å². The average Bonchev–Trinajstić information content (AvgIpc) is 2.68. The third-order valence-corrected chi connectivity index (χ3v) is 4.65. The minimum Gasteiger partial charge on any atom is -0.355 e. The van der Waals surface area contributed by atoms with Gasteiger partial charge in [-0.1, -0.05) is 6.07 Å². The van der Waals surface area contributed by atoms with Gasteiger partial charge in [-0.15, -0.1) is 0 Å². The molecular weight excluding hydrogens is 338 g/mol. The van der Waals surface area contributed by atoms with E-state index < -0.39 is 11.6 Å². The molecule has 0 aliphatic carbocycles. The molecule has 138 valence electrons. The van der Waals surface area contributed by atoms with Gasteiger partial charge in [-0.05, 0) is 42.9 Å². The van der Waals surface area contributed by atoms with Crippen molar-refractivity contribution in [2.75, 3.05) is 18.0 Å². The number of benzene rings is 1. The summed E-state index contributed by atoms with van der Waals surface area (Å²) in [5.74, 6) is -0.556. The highest BCUT2D eigenvalue weighted by atomic mass is 19.2. The normalized spacial score (nSPS) is 17.2. The van der Waals surface area contributed by atoms with Crippen LogP contribution in [0.3, 0.4) is 0 Å². The maximum absolute atomic E-state index is 13.2. The van der Waals surface area contributed by atoms with Crippen molar-refractivity contribution in [3.05, 3.63) is 54.0 Å². The molecule has 1 N–H and O–H groups in total. The Bertz CT molecular complexity index is 742. The summed E-state index contributed by atoms with van der Waals surface area (Å²) in [7, 11) is 0. The van der Waals surface area contributed by atoms with Crippen molar-refractivity contribution in [3.63, 3.8) is 0 Å². The molecule has 5 nitrogen and oxygen atoms in total. The van der Waals surface area contributed by atoms with Gasteiger partial charge in [-0.2, -0.15) is 0 Å². The zero-order valence-electron chi connectivity index (χ0n) is 14.5. The number of piperidine rings is 1. The van der Waals surface area contributed by atoms with E-state index in [1.807, 2.05) is 0 Å². The lowest BCUT2D eigenvalue weighted by Gasteiger charge is -2.33. The van der Waals surface area contributed by atoms with Gasteiger partial charge in [0.1, 0.15) is 5.82 Å². The second-order valence-electron chi connectivity index (χ2n) is 6.58. The molecule has 1 unspecified atom stereocenters. The summed E-state index contributed by atoms with van der Waals surface area (Å²) in [6.45, 7) is 2.03. The minimum atomic E-state index is -0.900. The van der Waals surface area contributed by atoms with Gasteiger partial charge >= 0.3 is 0 Å². The number of carbonyl (C=O) groups excluding carboxylic acids is 1. The summed E-state index contributed by atoms with van der Waals surface area (Å²) in [5, 5.41) is 2.76. The Balaban J connectivity index is 1.43. The Kier molecular flexibility index (Phi) is 6.09. The Morgan fingerprint density at radius 2 is 2.15 bits per heavy atom. The molecule has 1 aromatic carbocycles. The third-order valence-electron chi connectivity index (χ3n) is 4.65. The monoisotopic (exact) mass is 360 g/mol. The van der Waals surface area contributed by atoms with Gasteiger partial charge in [0.15, 0.2) is 11.6 Å². The molecular formula is C19H22F2N4O. The van der Waals surface area contributed by atoms with E-state index in [4.69, 9.17) is 0 Å². The molecule has 0 radical (unpaired) electrons. The second kappa shape index (κ2) is 8.69. The molecule has 0 spiro atoms. The van der Waals surface area contributed by atoms with Gasteiger partial charge in [-0.25, -0.2) is 13.8 Å². The van der Waals surface area contributed by atoms with Crippen LogP contribution in [0.4, 0.5) is 14.6 Å². The maximum atomic E-state index is 13.2. The molecule has 0 bridgehead atoms. The lowest BCUT2D eigenvalue weighted by molar-refractivity contribution is -0.121. The molecule has 7 heteroatoms. The van der Waals surface area contributed by atoms with E-state index in [0.29, 0.717) is 17.9 Å². The topological polar surface area (TPSA) is 58.1 Å². The quantitative estimate of drug-likeness (QED) is 0.860. The van der Waals surface area contributed by atoms with E-state index in [1.54, 1.807) is 18.6 Å². The van der Waals surface area contributed by atoms with Gasteiger partial charge in [0, 0.05) is 38.4 Å². The van der Waals surface area contributed by atoms with E-state index in [-0.39, 0.29) is 12.5 Å². The van der Waals surface area contributed by atoms with Gasteiger partial charge in [-0.3, -0.25) is 9.78 Å². The molecule has 2 aromatic rings. The molecule has 1 amide bonds. The summed E-state index contributed by atoms with van der Waals surface area (Å²) in [4.78, 5) is 22.7. The SMILES string of the molecule is O=C(CCC1CCCN(c2cnccn2)C1)NCc1ccc(F)c(F)c1. The highest BCUT2D eigenvalue weighted by Crippen LogP contribution is 2.24. The number of hydrogen-bond donors (Lipinski definition) is 1. The highest BCUT2D eigenvalue weighted by Gasteiger charge is 2.21. The van der Waals surface area contributed by atoms with Crippen LogP contribution in [-0.4, -0.2) is 29.0 Å². The van der Waals surface area contributed by atoms with Gasteiger partial charge in [0.05, 0.1) is 6.20 Å². The smallest absolute Gasteiger partial charge is 0.220 e. The van der Waals surface area contributed by atoms with E-state index in [2.05, 4.69) is 20.2 Å². The Labute approximate surface area is 151 Å². The summed E-state index contributed by atoms with van der Waals surface area (Å²) >= 11 is 0. The number of aromatic nitrogens is 2. The van der Waals surface area contributed by atoms with Crippen molar-refractivity contribution in [3.8, 4) is 0 Å². The second-order valence-corrected chi connectivity index (χ2v) is 6.58. The number of anilines is 1. The predicted octanol–water partition coefficient (Wildman–Crippen LogP) is 3.07. The maximum Gasteiger partial charge on any atom is 0.220 e. The van der Waals surface area contributed by atoms with Gasteiger partial charge < -0.3 is 10.2 Å². The standard InChI is InChI=1S/C19H22F2N4O/c20-16-5-3-15(10-17(16)21)11-24-19(26)6-4-14-2-1-9-25(13-14)18-12-22-7-8-23-18/h3,5,7-8,10,12,14H,1-2,4,6,9,11,13H2,(H,24,26). The van der Waals surface area contributed by atoms with Crippen LogP contribution < -0.4 is 10.2 Å². The van der Waals surface area contributed by atoms with Crippen LogP contribution in [0.15, 0.2) is 36.8 Å². The van der Waals surface area contributed by atoms with Crippen molar-refractivity contribution in [2.45, 2.75) is 32.2 Å². The largest absolute Gasteiger partial charge is 0.355 e. The van der Waals surface area contributed by atoms with Crippen LogP contribution in [0.1, 0.15) is 31.2 Å². The molecule has 1 aliphatic rings. The number of halogens is 2. The lowest BCUT2D eigenvalue weighted by Crippen LogP contribution is -2.36. The first kappa shape index (κ1) is 18.2. The molecule has 0 saturated carbocycles. The summed E-state index contributed by atoms with van der Waals surface area (Å²) in [6.07, 6.45) is 8.47. The Morgan fingerprint density at radius 3 is 2.92 bits per heavy atom. The molecule has 26 heavy (non-hydrogen) atoms. The molecule has 1 saturated heterocycles. The number of carbonyl (C=O) groups is 1. The van der Waals surface area contributed by atoms with E-state index in [0.717, 1.165) is 50.3 Å². The van der Waals surface area contributed by atoms with Gasteiger partial charge in [0.2, 0.25) is 5.91 Å². The first-order valence-electron chi connectivity index (χ1n) is 8.83. The average molecular weight is 360 g/mol. The molecule has 3 rings (SSSR count). The highest BCUT2D eigenvalue weighted by molar-refractivity contribution is 5.75. The van der Waals surface area contributed by atoms with Crippen LogP contribution in [-0.2, 0) is 11.3 Å². The van der Waals surface area contributed by atoms with Crippen molar-refractivity contribution in [1.82, 2.24) is 15.3 Å². The zero-order chi connectivity index (χ0) is 18.4. The fourth-order valence-corrected chi connectivity index (χ4v) is 3.24.